The van der Waals surface area contributed by atoms with E-state index < -0.39 is 5.91 Å². The smallest absolute Gasteiger partial charge is 0.284 e. The van der Waals surface area contributed by atoms with Crippen molar-refractivity contribution in [2.24, 2.45) is 5.73 Å². The van der Waals surface area contributed by atoms with Crippen LogP contribution in [-0.4, -0.2) is 23.0 Å². The number of carbonyl (C=O) groups excluding carboxylic acids is 1. The molecule has 0 atom stereocenters. The van der Waals surface area contributed by atoms with Crippen molar-refractivity contribution in [1.29, 1.82) is 0 Å². The summed E-state index contributed by atoms with van der Waals surface area (Å²) in [6.07, 6.45) is 1.51. The van der Waals surface area contributed by atoms with E-state index >= 15 is 0 Å². The molecule has 0 saturated heterocycles. The van der Waals surface area contributed by atoms with E-state index in [0.29, 0.717) is 16.5 Å². The third-order valence-electron chi connectivity index (χ3n) is 2.28. The number of carbonyl (C=O) groups is 1. The maximum absolute atomic E-state index is 10.9. The molecule has 2 aromatic rings. The van der Waals surface area contributed by atoms with E-state index in [1.165, 1.54) is 6.20 Å². The van der Waals surface area contributed by atoms with E-state index in [-0.39, 0.29) is 5.82 Å². The molecule has 6 heteroatoms. The third kappa shape index (κ3) is 2.24. The molecule has 17 heavy (non-hydrogen) atoms. The Balaban J connectivity index is 2.42. The van der Waals surface area contributed by atoms with Crippen LogP contribution in [0.2, 0.25) is 5.02 Å². The van der Waals surface area contributed by atoms with Crippen molar-refractivity contribution < 1.29 is 9.53 Å². The van der Waals surface area contributed by atoms with E-state index in [1.54, 1.807) is 25.3 Å². The fourth-order valence-corrected chi connectivity index (χ4v) is 1.70. The summed E-state index contributed by atoms with van der Waals surface area (Å²) in [5.74, 6) is 0.154. The van der Waals surface area contributed by atoms with E-state index in [0.717, 1.165) is 5.56 Å². The molecule has 0 aliphatic carbocycles. The number of methoxy groups -OCH3 is 1. The zero-order chi connectivity index (χ0) is 12.4. The van der Waals surface area contributed by atoms with Crippen LogP contribution < -0.4 is 10.5 Å². The Morgan fingerprint density at radius 3 is 2.82 bits per heavy atom. The second-order valence-corrected chi connectivity index (χ2v) is 3.76. The molecule has 5 nitrogen and oxygen atoms in total. The minimum atomic E-state index is -0.610. The number of ether oxygens (including phenoxy) is 1. The molecular weight excluding hydrogens is 242 g/mol. The van der Waals surface area contributed by atoms with Crippen LogP contribution in [0, 0.1) is 0 Å². The van der Waals surface area contributed by atoms with Gasteiger partial charge in [-0.3, -0.25) is 4.79 Å². The predicted octanol–water partition coefficient (Wildman–Crippen LogP) is 1.84. The molecule has 1 amide bonds. The van der Waals surface area contributed by atoms with Gasteiger partial charge in [0.1, 0.15) is 5.75 Å². The fourth-order valence-electron chi connectivity index (χ4n) is 1.42. The quantitative estimate of drug-likeness (QED) is 0.873. The Bertz CT molecular complexity index is 566. The number of hydrogen-bond acceptors (Lipinski definition) is 3. The molecular formula is C11H10ClN3O2. The summed E-state index contributed by atoms with van der Waals surface area (Å²) < 4.78 is 5.04. The van der Waals surface area contributed by atoms with E-state index in [4.69, 9.17) is 22.1 Å². The van der Waals surface area contributed by atoms with E-state index in [1.807, 2.05) is 0 Å². The monoisotopic (exact) mass is 251 g/mol. The first-order valence-electron chi connectivity index (χ1n) is 4.80. The number of imidazole rings is 1. The zero-order valence-electron chi connectivity index (χ0n) is 9.03. The van der Waals surface area contributed by atoms with Gasteiger partial charge in [0.25, 0.3) is 5.91 Å². The first-order chi connectivity index (χ1) is 8.11. The second kappa shape index (κ2) is 4.47. The molecule has 2 rings (SSSR count). The number of H-pyrrole nitrogens is 1. The molecule has 1 aromatic carbocycles. The molecule has 1 aromatic heterocycles. The topological polar surface area (TPSA) is 81.0 Å². The normalized spacial score (nSPS) is 10.2. The van der Waals surface area contributed by atoms with Crippen LogP contribution in [0.1, 0.15) is 10.6 Å². The zero-order valence-corrected chi connectivity index (χ0v) is 9.78. The second-order valence-electron chi connectivity index (χ2n) is 3.36. The lowest BCUT2D eigenvalue weighted by Crippen LogP contribution is -2.12. The molecule has 0 unspecified atom stereocenters. The fraction of sp³-hybridized carbons (Fsp3) is 0.0909. The Labute approximate surface area is 103 Å². The standard InChI is InChI=1S/C11H10ClN3O2/c1-17-6-2-3-7(8(12)4-6)9-5-14-11(15-9)10(13)16/h2-5H,1H3,(H2,13,16)(H,14,15). The van der Waals surface area contributed by atoms with Gasteiger partial charge in [0.05, 0.1) is 24.0 Å². The van der Waals surface area contributed by atoms with Crippen LogP contribution in [0.3, 0.4) is 0 Å². The molecule has 0 aliphatic heterocycles. The minimum Gasteiger partial charge on any atom is -0.497 e. The number of rotatable bonds is 3. The van der Waals surface area contributed by atoms with Gasteiger partial charge in [0.15, 0.2) is 5.82 Å². The Hall–Kier alpha value is -2.01. The number of benzene rings is 1. The summed E-state index contributed by atoms with van der Waals surface area (Å²) in [5.41, 5.74) is 6.46. The summed E-state index contributed by atoms with van der Waals surface area (Å²) in [6.45, 7) is 0. The van der Waals surface area contributed by atoms with Crippen LogP contribution in [0.5, 0.6) is 5.75 Å². The summed E-state index contributed by atoms with van der Waals surface area (Å²) in [5, 5.41) is 0.504. The van der Waals surface area contributed by atoms with Crippen molar-refractivity contribution >= 4 is 17.5 Å². The highest BCUT2D eigenvalue weighted by atomic mass is 35.5. The van der Waals surface area contributed by atoms with Crippen molar-refractivity contribution in [3.05, 3.63) is 35.2 Å². The number of nitrogens with two attached hydrogens (primary N) is 1. The van der Waals surface area contributed by atoms with Gasteiger partial charge in [-0.25, -0.2) is 4.98 Å². The number of nitrogens with zero attached hydrogens (tertiary/aromatic N) is 1. The largest absolute Gasteiger partial charge is 0.497 e. The molecule has 0 aliphatic rings. The van der Waals surface area contributed by atoms with Gasteiger partial charge in [-0.15, -0.1) is 0 Å². The first kappa shape index (κ1) is 11.5. The Morgan fingerprint density at radius 1 is 1.53 bits per heavy atom. The lowest BCUT2D eigenvalue weighted by atomic mass is 10.1. The lowest BCUT2D eigenvalue weighted by molar-refractivity contribution is 0.0991. The highest BCUT2D eigenvalue weighted by Gasteiger charge is 2.10. The number of hydrogen-bond donors (Lipinski definition) is 2. The number of aromatic amines is 1. The number of aromatic nitrogens is 2. The molecule has 1 heterocycles. The Morgan fingerprint density at radius 2 is 2.29 bits per heavy atom. The van der Waals surface area contributed by atoms with Crippen LogP contribution in [0.4, 0.5) is 0 Å². The van der Waals surface area contributed by atoms with Crippen LogP contribution in [0.25, 0.3) is 11.3 Å². The van der Waals surface area contributed by atoms with Gasteiger partial charge in [-0.2, -0.15) is 0 Å². The van der Waals surface area contributed by atoms with Crippen molar-refractivity contribution in [1.82, 2.24) is 9.97 Å². The average Bonchev–Trinajstić information content (AvgIpc) is 2.78. The number of halogens is 1. The SMILES string of the molecule is COc1ccc(-c2cnc(C(N)=O)[nH]2)c(Cl)c1. The van der Waals surface area contributed by atoms with Crippen molar-refractivity contribution in [2.45, 2.75) is 0 Å². The predicted molar refractivity (Wildman–Crippen MR) is 64.1 cm³/mol. The van der Waals surface area contributed by atoms with Gasteiger partial charge in [-0.1, -0.05) is 11.6 Å². The minimum absolute atomic E-state index is 0.104. The molecule has 88 valence electrons. The number of nitrogens with one attached hydrogen (secondary N) is 1. The highest BCUT2D eigenvalue weighted by Crippen LogP contribution is 2.29. The van der Waals surface area contributed by atoms with Gasteiger partial charge in [-0.05, 0) is 18.2 Å². The lowest BCUT2D eigenvalue weighted by Gasteiger charge is -2.04. The number of primary amides is 1. The van der Waals surface area contributed by atoms with Crippen molar-refractivity contribution in [2.75, 3.05) is 7.11 Å². The van der Waals surface area contributed by atoms with E-state index in [9.17, 15) is 4.79 Å². The van der Waals surface area contributed by atoms with Crippen LogP contribution in [-0.2, 0) is 0 Å². The average molecular weight is 252 g/mol. The Kier molecular flexibility index (Phi) is 3.01. The molecule has 0 saturated carbocycles. The molecule has 0 spiro atoms. The van der Waals surface area contributed by atoms with Crippen molar-refractivity contribution in [3.8, 4) is 17.0 Å². The molecule has 0 bridgehead atoms. The maximum Gasteiger partial charge on any atom is 0.284 e. The van der Waals surface area contributed by atoms with Crippen LogP contribution in [0.15, 0.2) is 24.4 Å². The molecule has 0 fully saturated rings. The summed E-state index contributed by atoms with van der Waals surface area (Å²) in [6, 6.07) is 5.23. The van der Waals surface area contributed by atoms with Crippen LogP contribution >= 0.6 is 11.6 Å². The van der Waals surface area contributed by atoms with E-state index in [2.05, 4.69) is 9.97 Å². The van der Waals surface area contributed by atoms with Crippen molar-refractivity contribution in [3.63, 3.8) is 0 Å². The number of amides is 1. The summed E-state index contributed by atoms with van der Waals surface area (Å²) >= 11 is 6.09. The van der Waals surface area contributed by atoms with Gasteiger partial charge in [0, 0.05) is 5.56 Å². The van der Waals surface area contributed by atoms with Gasteiger partial charge < -0.3 is 15.5 Å². The highest BCUT2D eigenvalue weighted by molar-refractivity contribution is 6.33. The third-order valence-corrected chi connectivity index (χ3v) is 2.59. The molecule has 3 N–H and O–H groups in total. The van der Waals surface area contributed by atoms with Gasteiger partial charge >= 0.3 is 0 Å². The summed E-state index contributed by atoms with van der Waals surface area (Å²) in [4.78, 5) is 17.6. The molecule has 0 radical (unpaired) electrons. The van der Waals surface area contributed by atoms with Gasteiger partial charge in [0.2, 0.25) is 0 Å². The maximum atomic E-state index is 10.9. The first-order valence-corrected chi connectivity index (χ1v) is 5.18. The summed E-state index contributed by atoms with van der Waals surface area (Å²) in [7, 11) is 1.56.